The molecule has 0 saturated carbocycles. The Labute approximate surface area is 134 Å². The summed E-state index contributed by atoms with van der Waals surface area (Å²) >= 11 is 0. The molecule has 4 rings (SSSR count). The van der Waals surface area contributed by atoms with E-state index in [4.69, 9.17) is 0 Å². The van der Waals surface area contributed by atoms with Crippen molar-refractivity contribution in [1.82, 2.24) is 9.88 Å². The number of pyridine rings is 1. The Morgan fingerprint density at radius 1 is 1.04 bits per heavy atom. The first-order valence-corrected chi connectivity index (χ1v) is 7.80. The largest absolute Gasteiger partial charge is 0.337 e. The highest BCUT2D eigenvalue weighted by Gasteiger charge is 2.47. The molecule has 0 N–H and O–H groups in total. The van der Waals surface area contributed by atoms with E-state index in [1.807, 2.05) is 35.2 Å². The van der Waals surface area contributed by atoms with Gasteiger partial charge < -0.3 is 9.80 Å². The summed E-state index contributed by atoms with van der Waals surface area (Å²) in [5.74, 6) is 0.216. The molecule has 0 aliphatic carbocycles. The number of amides is 2. The first kappa shape index (κ1) is 13.9. The van der Waals surface area contributed by atoms with Gasteiger partial charge in [0.2, 0.25) is 5.91 Å². The molecule has 0 bridgehead atoms. The molecule has 2 saturated heterocycles. The first-order valence-electron chi connectivity index (χ1n) is 7.80. The van der Waals surface area contributed by atoms with Gasteiger partial charge in [0.15, 0.2) is 0 Å². The number of aromatic nitrogens is 1. The summed E-state index contributed by atoms with van der Waals surface area (Å²) < 4.78 is 0. The van der Waals surface area contributed by atoms with Crippen LogP contribution in [0.5, 0.6) is 0 Å². The van der Waals surface area contributed by atoms with E-state index in [2.05, 4.69) is 4.98 Å². The lowest BCUT2D eigenvalue weighted by molar-refractivity contribution is -0.120. The Morgan fingerprint density at radius 2 is 1.87 bits per heavy atom. The molecule has 1 aromatic carbocycles. The number of rotatable bonds is 2. The molecule has 2 atom stereocenters. The minimum Gasteiger partial charge on any atom is -0.337 e. The number of carbonyl (C=O) groups excluding carboxylic acids is 2. The van der Waals surface area contributed by atoms with Crippen LogP contribution in [0.15, 0.2) is 54.9 Å². The molecule has 2 aliphatic heterocycles. The fourth-order valence-electron chi connectivity index (χ4n) is 3.54. The second kappa shape index (κ2) is 5.50. The van der Waals surface area contributed by atoms with Crippen LogP contribution >= 0.6 is 0 Å². The number of likely N-dealkylation sites (tertiary alicyclic amines) is 1. The van der Waals surface area contributed by atoms with E-state index in [0.717, 1.165) is 5.69 Å². The van der Waals surface area contributed by atoms with Crippen molar-refractivity contribution in [1.29, 1.82) is 0 Å². The summed E-state index contributed by atoms with van der Waals surface area (Å²) in [6, 6.07) is 13.3. The molecule has 2 aromatic rings. The number of carbonyl (C=O) groups is 2. The fraction of sp³-hybridized carbons (Fsp3) is 0.278. The molecule has 1 aromatic heterocycles. The summed E-state index contributed by atoms with van der Waals surface area (Å²) in [5.41, 5.74) is 1.52. The highest BCUT2D eigenvalue weighted by atomic mass is 16.2. The zero-order valence-electron chi connectivity index (χ0n) is 12.6. The SMILES string of the molecule is O=C(c1cccnc1)N1C[C@@H]2CN(c3ccccc3)C(=O)[C@H]2C1. The van der Waals surface area contributed by atoms with Crippen LogP contribution in [0.25, 0.3) is 0 Å². The molecule has 0 spiro atoms. The van der Waals surface area contributed by atoms with E-state index in [-0.39, 0.29) is 23.7 Å². The van der Waals surface area contributed by atoms with Crippen LogP contribution in [-0.4, -0.2) is 41.3 Å². The molecule has 2 amide bonds. The summed E-state index contributed by atoms with van der Waals surface area (Å²) in [7, 11) is 0. The third-order valence-electron chi connectivity index (χ3n) is 4.70. The molecule has 5 heteroatoms. The van der Waals surface area contributed by atoms with Crippen LogP contribution in [0.3, 0.4) is 0 Å². The average Bonchev–Trinajstić information content (AvgIpc) is 3.16. The Morgan fingerprint density at radius 3 is 2.57 bits per heavy atom. The summed E-state index contributed by atoms with van der Waals surface area (Å²) in [4.78, 5) is 32.8. The van der Waals surface area contributed by atoms with E-state index >= 15 is 0 Å². The normalized spacial score (nSPS) is 23.2. The summed E-state index contributed by atoms with van der Waals surface area (Å²) in [5, 5.41) is 0. The monoisotopic (exact) mass is 307 g/mol. The smallest absolute Gasteiger partial charge is 0.255 e. The van der Waals surface area contributed by atoms with Gasteiger partial charge in [-0.1, -0.05) is 18.2 Å². The van der Waals surface area contributed by atoms with E-state index in [1.54, 1.807) is 29.4 Å². The predicted octanol–water partition coefficient (Wildman–Crippen LogP) is 1.82. The van der Waals surface area contributed by atoms with Crippen molar-refractivity contribution in [2.75, 3.05) is 24.5 Å². The second-order valence-corrected chi connectivity index (χ2v) is 6.10. The van der Waals surface area contributed by atoms with Gasteiger partial charge in [0.05, 0.1) is 11.5 Å². The summed E-state index contributed by atoms with van der Waals surface area (Å²) in [6.07, 6.45) is 3.23. The van der Waals surface area contributed by atoms with Crippen molar-refractivity contribution in [2.24, 2.45) is 11.8 Å². The molecule has 2 aliphatic rings. The predicted molar refractivity (Wildman–Crippen MR) is 85.9 cm³/mol. The molecule has 5 nitrogen and oxygen atoms in total. The van der Waals surface area contributed by atoms with Gasteiger partial charge in [-0.3, -0.25) is 14.6 Å². The first-order chi connectivity index (χ1) is 11.2. The molecular weight excluding hydrogens is 290 g/mol. The zero-order valence-corrected chi connectivity index (χ0v) is 12.6. The van der Waals surface area contributed by atoms with Crippen molar-refractivity contribution >= 4 is 17.5 Å². The topological polar surface area (TPSA) is 53.5 Å². The van der Waals surface area contributed by atoms with Crippen LogP contribution < -0.4 is 4.90 Å². The fourth-order valence-corrected chi connectivity index (χ4v) is 3.54. The Balaban J connectivity index is 1.49. The quantitative estimate of drug-likeness (QED) is 0.850. The van der Waals surface area contributed by atoms with Gasteiger partial charge in [0.25, 0.3) is 5.91 Å². The number of nitrogens with zero attached hydrogens (tertiary/aromatic N) is 3. The molecule has 2 fully saturated rings. The Kier molecular flexibility index (Phi) is 3.33. The van der Waals surface area contributed by atoms with Gasteiger partial charge in [0, 0.05) is 43.6 Å². The zero-order chi connectivity index (χ0) is 15.8. The van der Waals surface area contributed by atoms with Crippen molar-refractivity contribution in [3.63, 3.8) is 0 Å². The van der Waals surface area contributed by atoms with E-state index in [0.29, 0.717) is 25.2 Å². The number of benzene rings is 1. The third-order valence-corrected chi connectivity index (χ3v) is 4.70. The van der Waals surface area contributed by atoms with Gasteiger partial charge in [-0.25, -0.2) is 0 Å². The lowest BCUT2D eigenvalue weighted by Gasteiger charge is -2.22. The summed E-state index contributed by atoms with van der Waals surface area (Å²) in [6.45, 7) is 1.82. The maximum atomic E-state index is 12.7. The number of hydrogen-bond donors (Lipinski definition) is 0. The lowest BCUT2D eigenvalue weighted by Crippen LogP contribution is -2.35. The number of para-hydroxylation sites is 1. The minimum absolute atomic E-state index is 0.0356. The van der Waals surface area contributed by atoms with Gasteiger partial charge in [0.1, 0.15) is 0 Å². The molecule has 3 heterocycles. The molecule has 0 radical (unpaired) electrons. The average molecular weight is 307 g/mol. The highest BCUT2D eigenvalue weighted by Crippen LogP contribution is 2.35. The van der Waals surface area contributed by atoms with E-state index in [9.17, 15) is 9.59 Å². The van der Waals surface area contributed by atoms with Crippen LogP contribution in [0, 0.1) is 11.8 Å². The Hall–Kier alpha value is -2.69. The molecule has 0 unspecified atom stereocenters. The third kappa shape index (κ3) is 2.38. The van der Waals surface area contributed by atoms with Crippen molar-refractivity contribution in [3.8, 4) is 0 Å². The van der Waals surface area contributed by atoms with Crippen LogP contribution in [-0.2, 0) is 4.79 Å². The second-order valence-electron chi connectivity index (χ2n) is 6.10. The molecular formula is C18H17N3O2. The van der Waals surface area contributed by atoms with Crippen molar-refractivity contribution in [3.05, 3.63) is 60.4 Å². The minimum atomic E-state index is -0.0872. The van der Waals surface area contributed by atoms with E-state index < -0.39 is 0 Å². The standard InChI is InChI=1S/C18H17N3O2/c22-17(13-5-4-8-19-9-13)20-10-14-11-21(18(23)16(14)12-20)15-6-2-1-3-7-15/h1-9,14,16H,10-12H2/t14-,16+/m1/s1. The van der Waals surface area contributed by atoms with Gasteiger partial charge in [-0.2, -0.15) is 0 Å². The number of hydrogen-bond acceptors (Lipinski definition) is 3. The number of anilines is 1. The van der Waals surface area contributed by atoms with Gasteiger partial charge in [-0.05, 0) is 24.3 Å². The van der Waals surface area contributed by atoms with Gasteiger partial charge in [-0.15, -0.1) is 0 Å². The maximum Gasteiger partial charge on any atom is 0.255 e. The van der Waals surface area contributed by atoms with E-state index in [1.165, 1.54) is 0 Å². The number of fused-ring (bicyclic) bond motifs is 1. The molecule has 23 heavy (non-hydrogen) atoms. The van der Waals surface area contributed by atoms with Crippen LogP contribution in [0.1, 0.15) is 10.4 Å². The molecule has 116 valence electrons. The Bertz CT molecular complexity index is 732. The maximum absolute atomic E-state index is 12.7. The van der Waals surface area contributed by atoms with Crippen molar-refractivity contribution in [2.45, 2.75) is 0 Å². The van der Waals surface area contributed by atoms with Crippen LogP contribution in [0.4, 0.5) is 5.69 Å². The lowest BCUT2D eigenvalue weighted by atomic mass is 10.0. The van der Waals surface area contributed by atoms with Gasteiger partial charge >= 0.3 is 0 Å². The van der Waals surface area contributed by atoms with Crippen molar-refractivity contribution < 1.29 is 9.59 Å². The van der Waals surface area contributed by atoms with Crippen LogP contribution in [0.2, 0.25) is 0 Å². The highest BCUT2D eigenvalue weighted by molar-refractivity contribution is 6.00.